The van der Waals surface area contributed by atoms with Gasteiger partial charge >= 0.3 is 5.97 Å². The van der Waals surface area contributed by atoms with Gasteiger partial charge in [-0.25, -0.2) is 4.79 Å². The van der Waals surface area contributed by atoms with Crippen molar-refractivity contribution in [1.29, 1.82) is 0 Å². The molecule has 0 bridgehead atoms. The van der Waals surface area contributed by atoms with E-state index in [2.05, 4.69) is 84.6 Å². The summed E-state index contributed by atoms with van der Waals surface area (Å²) in [5, 5.41) is 0. The average molecular weight is 576 g/mol. The molecule has 0 radical (unpaired) electrons. The molecule has 3 nitrogen and oxygen atoms in total. The minimum absolute atomic E-state index is 0.153. The molecular weight excluding hydrogens is 536 g/mol. The van der Waals surface area contributed by atoms with Crippen LogP contribution in [0.2, 0.25) is 0 Å². The Balaban J connectivity index is 1.34. The lowest BCUT2D eigenvalue weighted by Gasteiger charge is -2.35. The van der Waals surface area contributed by atoms with E-state index in [1.54, 1.807) is 0 Å². The van der Waals surface area contributed by atoms with Crippen molar-refractivity contribution in [2.24, 2.45) is 5.92 Å². The Morgan fingerprint density at radius 3 is 1.86 bits per heavy atom. The van der Waals surface area contributed by atoms with Gasteiger partial charge in [-0.2, -0.15) is 0 Å². The van der Waals surface area contributed by atoms with E-state index in [4.69, 9.17) is 9.47 Å². The highest BCUT2D eigenvalue weighted by Crippen LogP contribution is 2.37. The van der Waals surface area contributed by atoms with Crippen LogP contribution in [0, 0.1) is 31.6 Å². The van der Waals surface area contributed by atoms with E-state index >= 15 is 0 Å². The summed E-state index contributed by atoms with van der Waals surface area (Å²) in [6.07, 6.45) is 5.52. The van der Waals surface area contributed by atoms with Gasteiger partial charge in [0.2, 0.25) is 0 Å². The summed E-state index contributed by atoms with van der Waals surface area (Å²) in [4.78, 5) is 17.0. The highest BCUT2D eigenvalue weighted by molar-refractivity contribution is 7.97. The molecule has 1 saturated carbocycles. The second-order valence-corrected chi connectivity index (χ2v) is 13.2. The molecule has 42 heavy (non-hydrogen) atoms. The lowest BCUT2D eigenvalue weighted by atomic mass is 9.78. The molecule has 0 aromatic heterocycles. The van der Waals surface area contributed by atoms with Gasteiger partial charge in [-0.1, -0.05) is 79.8 Å². The fraction of sp³-hybridized carbons (Fsp3) is 0.289. The van der Waals surface area contributed by atoms with Crippen molar-refractivity contribution < 1.29 is 14.3 Å². The van der Waals surface area contributed by atoms with Crippen LogP contribution in [0.3, 0.4) is 0 Å². The van der Waals surface area contributed by atoms with Crippen molar-refractivity contribution >= 4 is 16.9 Å². The highest BCUT2D eigenvalue weighted by atomic mass is 32.2. The molecule has 1 fully saturated rings. The Kier molecular flexibility index (Phi) is 9.72. The third-order valence-corrected chi connectivity index (χ3v) is 10.1. The largest absolute Gasteiger partial charge is 0.481 e. The van der Waals surface area contributed by atoms with Crippen molar-refractivity contribution in [2.45, 2.75) is 73.2 Å². The lowest BCUT2D eigenvalue weighted by Crippen LogP contribution is -2.41. The van der Waals surface area contributed by atoms with E-state index in [0.717, 1.165) is 48.1 Å². The number of carbonyl (C=O) groups is 1. The molecule has 5 rings (SSSR count). The van der Waals surface area contributed by atoms with Gasteiger partial charge in [0.05, 0.1) is 10.9 Å². The van der Waals surface area contributed by atoms with Gasteiger partial charge in [-0.15, -0.1) is 0 Å². The number of aryl methyl sites for hydroxylation is 2. The quantitative estimate of drug-likeness (QED) is 0.120. The zero-order valence-corrected chi connectivity index (χ0v) is 25.6. The minimum atomic E-state index is -0.857. The van der Waals surface area contributed by atoms with E-state index < -0.39 is 5.60 Å². The first-order valence-electron chi connectivity index (χ1n) is 14.8. The fourth-order valence-corrected chi connectivity index (χ4v) is 8.02. The van der Waals surface area contributed by atoms with Gasteiger partial charge in [-0.3, -0.25) is 0 Å². The van der Waals surface area contributed by atoms with Crippen LogP contribution >= 0.6 is 0 Å². The van der Waals surface area contributed by atoms with Crippen molar-refractivity contribution in [1.82, 2.24) is 0 Å². The van der Waals surface area contributed by atoms with Crippen molar-refractivity contribution in [2.75, 3.05) is 6.61 Å². The molecule has 0 N–H and O–H groups in total. The van der Waals surface area contributed by atoms with Crippen LogP contribution in [0.15, 0.2) is 118 Å². The maximum absolute atomic E-state index is 13.2. The van der Waals surface area contributed by atoms with Gasteiger partial charge < -0.3 is 9.47 Å². The smallest absolute Gasteiger partial charge is 0.345 e. The molecule has 0 amide bonds. The predicted molar refractivity (Wildman–Crippen MR) is 171 cm³/mol. The Bertz CT molecular complexity index is 1470. The number of carbonyl (C=O) groups excluding carboxylic acids is 1. The Morgan fingerprint density at radius 2 is 1.31 bits per heavy atom. The zero-order valence-electron chi connectivity index (χ0n) is 24.8. The number of ether oxygens (including phenoxy) is 2. The van der Waals surface area contributed by atoms with Crippen molar-refractivity contribution in [3.8, 4) is 17.6 Å². The summed E-state index contributed by atoms with van der Waals surface area (Å²) in [5.41, 5.74) is 2.06. The molecular formula is C38H39O3S+. The van der Waals surface area contributed by atoms with Crippen molar-refractivity contribution in [3.63, 3.8) is 0 Å². The molecule has 0 saturated heterocycles. The number of esters is 1. The van der Waals surface area contributed by atoms with Crippen LogP contribution in [-0.2, 0) is 20.4 Å². The number of benzene rings is 4. The first-order valence-corrected chi connectivity index (χ1v) is 16.0. The fourth-order valence-electron chi connectivity index (χ4n) is 5.76. The van der Waals surface area contributed by atoms with Crippen LogP contribution in [0.1, 0.15) is 55.7 Å². The van der Waals surface area contributed by atoms with E-state index in [-0.39, 0.29) is 29.4 Å². The van der Waals surface area contributed by atoms with Crippen LogP contribution in [0.4, 0.5) is 0 Å². The first kappa shape index (κ1) is 29.5. The molecule has 4 heteroatoms. The average Bonchev–Trinajstić information content (AvgIpc) is 3.02. The van der Waals surface area contributed by atoms with Crippen LogP contribution in [-0.4, -0.2) is 18.2 Å². The van der Waals surface area contributed by atoms with Gasteiger partial charge in [0.1, 0.15) is 5.75 Å². The molecule has 0 spiro atoms. The molecule has 4 aromatic carbocycles. The number of rotatable bonds is 8. The number of hydrogen-bond acceptors (Lipinski definition) is 3. The third kappa shape index (κ3) is 7.27. The standard InChI is InChI=1S/C38H39O3S/c1-29-26-35(42(33-20-12-6-13-21-33)34-22-14-7-15-23-34)27-30(2)37(29)40-28-36(39)41-38(3,32-18-10-5-11-19-32)25-24-31-16-8-4-9-17-31/h4,6-9,12-17,20-23,26-27,32H,5,10-11,18-19,28H2,1-3H3/q+1. The summed E-state index contributed by atoms with van der Waals surface area (Å²) in [6.45, 7) is 5.91. The molecule has 1 unspecified atom stereocenters. The lowest BCUT2D eigenvalue weighted by molar-refractivity contribution is -0.160. The molecule has 1 aliphatic carbocycles. The maximum Gasteiger partial charge on any atom is 0.345 e. The molecule has 1 aliphatic rings. The molecule has 0 aliphatic heterocycles. The topological polar surface area (TPSA) is 35.5 Å². The molecule has 1 atom stereocenters. The van der Waals surface area contributed by atoms with Gasteiger partial charge in [-0.05, 0) is 87.1 Å². The molecule has 4 aromatic rings. The predicted octanol–water partition coefficient (Wildman–Crippen LogP) is 8.71. The maximum atomic E-state index is 13.2. The SMILES string of the molecule is Cc1cc([S+](c2ccccc2)c2ccccc2)cc(C)c1OCC(=O)OC(C)(C#Cc1ccccc1)C1CCCCC1. The molecule has 214 valence electrons. The number of hydrogen-bond donors (Lipinski definition) is 0. The third-order valence-electron chi connectivity index (χ3n) is 7.90. The second-order valence-electron chi connectivity index (χ2n) is 11.1. The highest BCUT2D eigenvalue weighted by Gasteiger charge is 2.37. The Labute approximate surface area is 253 Å². The Morgan fingerprint density at radius 1 is 0.786 bits per heavy atom. The van der Waals surface area contributed by atoms with E-state index in [1.807, 2.05) is 51.1 Å². The summed E-state index contributed by atoms with van der Waals surface area (Å²) < 4.78 is 12.3. The van der Waals surface area contributed by atoms with Gasteiger partial charge in [0.15, 0.2) is 26.9 Å². The summed E-state index contributed by atoms with van der Waals surface area (Å²) in [6, 6.07) is 35.5. The van der Waals surface area contributed by atoms with Gasteiger partial charge in [0.25, 0.3) is 0 Å². The Hall–Kier alpha value is -3.94. The zero-order chi connectivity index (χ0) is 29.4. The summed E-state index contributed by atoms with van der Waals surface area (Å²) in [5.74, 6) is 7.15. The van der Waals surface area contributed by atoms with Gasteiger partial charge in [0, 0.05) is 23.6 Å². The van der Waals surface area contributed by atoms with Crippen molar-refractivity contribution in [3.05, 3.63) is 120 Å². The monoisotopic (exact) mass is 575 g/mol. The summed E-state index contributed by atoms with van der Waals surface area (Å²) in [7, 11) is -0.253. The normalized spacial score (nSPS) is 14.9. The summed E-state index contributed by atoms with van der Waals surface area (Å²) >= 11 is 0. The van der Waals surface area contributed by atoms with Crippen LogP contribution in [0.5, 0.6) is 5.75 Å². The second kappa shape index (κ2) is 13.8. The van der Waals surface area contributed by atoms with Crippen LogP contribution in [0.25, 0.3) is 0 Å². The van der Waals surface area contributed by atoms with E-state index in [9.17, 15) is 4.79 Å². The van der Waals surface area contributed by atoms with E-state index in [0.29, 0.717) is 0 Å². The van der Waals surface area contributed by atoms with E-state index in [1.165, 1.54) is 21.1 Å². The minimum Gasteiger partial charge on any atom is -0.481 e. The van der Waals surface area contributed by atoms with Crippen LogP contribution < -0.4 is 4.74 Å². The molecule has 0 heterocycles. The first-order chi connectivity index (χ1) is 20.4.